The number of ether oxygens (including phenoxy) is 1. The molecule has 0 radical (unpaired) electrons. The van der Waals surface area contributed by atoms with Crippen LogP contribution in [0.1, 0.15) is 45.1 Å². The van der Waals surface area contributed by atoms with E-state index in [0.717, 1.165) is 12.2 Å². The van der Waals surface area contributed by atoms with Crippen LogP contribution in [0, 0.1) is 0 Å². The van der Waals surface area contributed by atoms with Crippen LogP contribution < -0.4 is 10.1 Å². The molecule has 3 heteroatoms. The lowest BCUT2D eigenvalue weighted by molar-refractivity contribution is -0.121. The van der Waals surface area contributed by atoms with Crippen molar-refractivity contribution in [3.05, 3.63) is 29.8 Å². The molecule has 0 saturated heterocycles. The van der Waals surface area contributed by atoms with Crippen molar-refractivity contribution in [2.45, 2.75) is 39.5 Å². The minimum Gasteiger partial charge on any atom is -0.492 e. The van der Waals surface area contributed by atoms with E-state index in [1.165, 1.54) is 5.56 Å². The maximum Gasteiger partial charge on any atom is 0.220 e. The fourth-order valence-corrected chi connectivity index (χ4v) is 1.64. The van der Waals surface area contributed by atoms with Crippen molar-refractivity contribution >= 4 is 5.91 Å². The molecular formula is C15H23NO2. The molecule has 0 aromatic heterocycles. The zero-order valence-corrected chi connectivity index (χ0v) is 11.5. The molecule has 100 valence electrons. The smallest absolute Gasteiger partial charge is 0.220 e. The van der Waals surface area contributed by atoms with Gasteiger partial charge in [0.15, 0.2) is 0 Å². The molecule has 0 saturated carbocycles. The van der Waals surface area contributed by atoms with Crippen molar-refractivity contribution in [1.29, 1.82) is 0 Å². The average molecular weight is 249 g/mol. The van der Waals surface area contributed by atoms with Crippen LogP contribution in [0.3, 0.4) is 0 Å². The highest BCUT2D eigenvalue weighted by Crippen LogP contribution is 2.19. The third-order valence-corrected chi connectivity index (χ3v) is 2.69. The molecular weight excluding hydrogens is 226 g/mol. The van der Waals surface area contributed by atoms with E-state index in [1.54, 1.807) is 0 Å². The predicted octanol–water partition coefficient (Wildman–Crippen LogP) is 3.11. The molecule has 0 heterocycles. The summed E-state index contributed by atoms with van der Waals surface area (Å²) >= 11 is 0. The molecule has 0 spiro atoms. The Hall–Kier alpha value is -1.51. The van der Waals surface area contributed by atoms with E-state index in [2.05, 4.69) is 31.3 Å². The van der Waals surface area contributed by atoms with Gasteiger partial charge in [0.1, 0.15) is 12.4 Å². The first-order valence-corrected chi connectivity index (χ1v) is 6.63. The molecule has 1 amide bonds. The van der Waals surface area contributed by atoms with E-state index in [4.69, 9.17) is 4.74 Å². The monoisotopic (exact) mass is 249 g/mol. The van der Waals surface area contributed by atoms with E-state index in [0.29, 0.717) is 25.5 Å². The quantitative estimate of drug-likeness (QED) is 0.754. The molecule has 3 nitrogen and oxygen atoms in total. The summed E-state index contributed by atoms with van der Waals surface area (Å²) in [6, 6.07) is 8.10. The lowest BCUT2D eigenvalue weighted by atomic mass is 10.0. The molecule has 0 bridgehead atoms. The van der Waals surface area contributed by atoms with Crippen LogP contribution in [0.5, 0.6) is 5.75 Å². The highest BCUT2D eigenvalue weighted by Gasteiger charge is 2.01. The van der Waals surface area contributed by atoms with Crippen LogP contribution in [0.4, 0.5) is 0 Å². The van der Waals surface area contributed by atoms with Crippen LogP contribution >= 0.6 is 0 Å². The lowest BCUT2D eigenvalue weighted by Gasteiger charge is -2.10. The van der Waals surface area contributed by atoms with Gasteiger partial charge in [0.05, 0.1) is 6.54 Å². The van der Waals surface area contributed by atoms with Gasteiger partial charge in [-0.2, -0.15) is 0 Å². The second kappa shape index (κ2) is 7.75. The third-order valence-electron chi connectivity index (χ3n) is 2.69. The van der Waals surface area contributed by atoms with Gasteiger partial charge in [0.25, 0.3) is 0 Å². The number of amides is 1. The Morgan fingerprint density at radius 3 is 2.83 bits per heavy atom. The molecule has 1 aromatic carbocycles. The lowest BCUT2D eigenvalue weighted by Crippen LogP contribution is -2.27. The van der Waals surface area contributed by atoms with Gasteiger partial charge in [-0.05, 0) is 30.0 Å². The highest BCUT2D eigenvalue weighted by atomic mass is 16.5. The number of carbonyl (C=O) groups excluding carboxylic acids is 1. The standard InChI is InChI=1S/C15H23NO2/c1-4-6-15(17)16-9-10-18-14-8-5-7-13(11-14)12(2)3/h5,7-8,11-12H,4,6,9-10H2,1-3H3,(H,16,17). The van der Waals surface area contributed by atoms with Crippen LogP contribution in [-0.4, -0.2) is 19.1 Å². The van der Waals surface area contributed by atoms with E-state index in [9.17, 15) is 4.79 Å². The third kappa shape index (κ3) is 5.21. The summed E-state index contributed by atoms with van der Waals surface area (Å²) in [5.41, 5.74) is 1.27. The number of benzene rings is 1. The minimum absolute atomic E-state index is 0.0945. The minimum atomic E-state index is 0.0945. The van der Waals surface area contributed by atoms with Crippen molar-refractivity contribution < 1.29 is 9.53 Å². The summed E-state index contributed by atoms with van der Waals surface area (Å²) in [5.74, 6) is 1.46. The van der Waals surface area contributed by atoms with Crippen molar-refractivity contribution in [1.82, 2.24) is 5.32 Å². The van der Waals surface area contributed by atoms with Gasteiger partial charge >= 0.3 is 0 Å². The molecule has 1 rings (SSSR count). The molecule has 0 atom stereocenters. The number of hydrogen-bond donors (Lipinski definition) is 1. The molecule has 1 N–H and O–H groups in total. The Kier molecular flexibility index (Phi) is 6.26. The number of carbonyl (C=O) groups is 1. The molecule has 0 fully saturated rings. The zero-order chi connectivity index (χ0) is 13.4. The predicted molar refractivity (Wildman–Crippen MR) is 73.9 cm³/mol. The SMILES string of the molecule is CCCC(=O)NCCOc1cccc(C(C)C)c1. The largest absolute Gasteiger partial charge is 0.492 e. The summed E-state index contributed by atoms with van der Waals surface area (Å²) < 4.78 is 5.61. The van der Waals surface area contributed by atoms with Crippen molar-refractivity contribution in [3.63, 3.8) is 0 Å². The summed E-state index contributed by atoms with van der Waals surface area (Å²) in [5, 5.41) is 2.83. The Bertz CT molecular complexity index is 375. The van der Waals surface area contributed by atoms with Gasteiger partial charge in [-0.3, -0.25) is 4.79 Å². The Morgan fingerprint density at radius 1 is 1.39 bits per heavy atom. The maximum atomic E-state index is 11.2. The topological polar surface area (TPSA) is 38.3 Å². The molecule has 1 aromatic rings. The second-order valence-corrected chi connectivity index (χ2v) is 4.68. The first-order chi connectivity index (χ1) is 8.63. The Morgan fingerprint density at radius 2 is 2.17 bits per heavy atom. The molecule has 0 unspecified atom stereocenters. The fourth-order valence-electron chi connectivity index (χ4n) is 1.64. The van der Waals surface area contributed by atoms with Gasteiger partial charge in [0, 0.05) is 6.42 Å². The number of rotatable bonds is 7. The Balaban J connectivity index is 2.31. The molecule has 18 heavy (non-hydrogen) atoms. The van der Waals surface area contributed by atoms with Crippen molar-refractivity contribution in [2.75, 3.05) is 13.2 Å². The summed E-state index contributed by atoms with van der Waals surface area (Å²) in [4.78, 5) is 11.2. The highest BCUT2D eigenvalue weighted by molar-refractivity contribution is 5.75. The van der Waals surface area contributed by atoms with Crippen LogP contribution in [-0.2, 0) is 4.79 Å². The molecule has 0 aliphatic carbocycles. The van der Waals surface area contributed by atoms with E-state index < -0.39 is 0 Å². The Labute approximate surface area is 110 Å². The molecule has 0 aliphatic heterocycles. The van der Waals surface area contributed by atoms with Gasteiger partial charge in [-0.15, -0.1) is 0 Å². The number of nitrogens with one attached hydrogen (secondary N) is 1. The summed E-state index contributed by atoms with van der Waals surface area (Å²) in [7, 11) is 0. The second-order valence-electron chi connectivity index (χ2n) is 4.68. The van der Waals surface area contributed by atoms with Crippen LogP contribution in [0.15, 0.2) is 24.3 Å². The van der Waals surface area contributed by atoms with Gasteiger partial charge < -0.3 is 10.1 Å². The van der Waals surface area contributed by atoms with Crippen LogP contribution in [0.25, 0.3) is 0 Å². The van der Waals surface area contributed by atoms with E-state index >= 15 is 0 Å². The average Bonchev–Trinajstić information content (AvgIpc) is 2.35. The fraction of sp³-hybridized carbons (Fsp3) is 0.533. The first-order valence-electron chi connectivity index (χ1n) is 6.63. The normalized spacial score (nSPS) is 10.4. The van der Waals surface area contributed by atoms with E-state index in [-0.39, 0.29) is 5.91 Å². The van der Waals surface area contributed by atoms with Crippen molar-refractivity contribution in [3.8, 4) is 5.75 Å². The summed E-state index contributed by atoms with van der Waals surface area (Å²) in [6.45, 7) is 7.38. The van der Waals surface area contributed by atoms with Gasteiger partial charge in [-0.1, -0.05) is 32.9 Å². The van der Waals surface area contributed by atoms with Gasteiger partial charge in [-0.25, -0.2) is 0 Å². The van der Waals surface area contributed by atoms with Crippen LogP contribution in [0.2, 0.25) is 0 Å². The van der Waals surface area contributed by atoms with Crippen molar-refractivity contribution in [2.24, 2.45) is 0 Å². The number of hydrogen-bond acceptors (Lipinski definition) is 2. The van der Waals surface area contributed by atoms with Gasteiger partial charge in [0.2, 0.25) is 5.91 Å². The summed E-state index contributed by atoms with van der Waals surface area (Å²) in [6.07, 6.45) is 1.46. The first kappa shape index (κ1) is 14.6. The molecule has 0 aliphatic rings. The maximum absolute atomic E-state index is 11.2. The zero-order valence-electron chi connectivity index (χ0n) is 11.5. The van der Waals surface area contributed by atoms with E-state index in [1.807, 2.05) is 19.1 Å².